The van der Waals surface area contributed by atoms with E-state index in [4.69, 9.17) is 5.73 Å². The molecule has 4 heteroatoms. The minimum Gasteiger partial charge on any atom is -0.344 e. The maximum Gasteiger partial charge on any atom is 0.225 e. The van der Waals surface area contributed by atoms with Crippen LogP contribution in [0.5, 0.6) is 0 Å². The van der Waals surface area contributed by atoms with E-state index in [-0.39, 0.29) is 12.0 Å². The van der Waals surface area contributed by atoms with E-state index >= 15 is 0 Å². The summed E-state index contributed by atoms with van der Waals surface area (Å²) in [5.74, 6) is 1.02. The van der Waals surface area contributed by atoms with Crippen molar-refractivity contribution in [1.82, 2.24) is 9.80 Å². The Kier molecular flexibility index (Phi) is 5.44. The van der Waals surface area contributed by atoms with Gasteiger partial charge in [0.2, 0.25) is 5.91 Å². The summed E-state index contributed by atoms with van der Waals surface area (Å²) in [6.07, 6.45) is 5.44. The van der Waals surface area contributed by atoms with Crippen molar-refractivity contribution in [2.45, 2.75) is 58.0 Å². The number of nitrogens with zero attached hydrogens (tertiary/aromatic N) is 2. The molecule has 2 N–H and O–H groups in total. The Balaban J connectivity index is 1.85. The van der Waals surface area contributed by atoms with Crippen LogP contribution in [0.25, 0.3) is 0 Å². The first-order valence-corrected chi connectivity index (χ1v) is 8.27. The highest BCUT2D eigenvalue weighted by Gasteiger charge is 2.32. The Bertz CT molecular complexity index is 334. The number of nitrogens with two attached hydrogens (primary N) is 1. The molecule has 1 amide bonds. The number of amides is 1. The van der Waals surface area contributed by atoms with Crippen molar-refractivity contribution in [2.24, 2.45) is 17.6 Å². The fraction of sp³-hybridized carbons (Fsp3) is 0.938. The van der Waals surface area contributed by atoms with Crippen molar-refractivity contribution in [1.29, 1.82) is 0 Å². The van der Waals surface area contributed by atoms with Gasteiger partial charge < -0.3 is 10.6 Å². The summed E-state index contributed by atoms with van der Waals surface area (Å²) < 4.78 is 0. The molecule has 4 unspecified atom stereocenters. The van der Waals surface area contributed by atoms with Gasteiger partial charge in [-0.15, -0.1) is 0 Å². The molecule has 0 aromatic rings. The van der Waals surface area contributed by atoms with Gasteiger partial charge in [0.25, 0.3) is 0 Å². The first-order chi connectivity index (χ1) is 9.52. The summed E-state index contributed by atoms with van der Waals surface area (Å²) >= 11 is 0. The highest BCUT2D eigenvalue weighted by atomic mass is 16.2. The molecule has 116 valence electrons. The normalized spacial score (nSPS) is 35.2. The Morgan fingerprint density at radius 3 is 2.75 bits per heavy atom. The summed E-state index contributed by atoms with van der Waals surface area (Å²) in [5.41, 5.74) is 6.05. The molecule has 20 heavy (non-hydrogen) atoms. The molecule has 1 heterocycles. The summed E-state index contributed by atoms with van der Waals surface area (Å²) in [6.45, 7) is 7.58. The van der Waals surface area contributed by atoms with E-state index in [1.54, 1.807) is 0 Å². The lowest BCUT2D eigenvalue weighted by molar-refractivity contribution is -0.136. The largest absolute Gasteiger partial charge is 0.344 e. The lowest BCUT2D eigenvalue weighted by Crippen LogP contribution is -2.45. The van der Waals surface area contributed by atoms with Crippen molar-refractivity contribution in [3.05, 3.63) is 0 Å². The first kappa shape index (κ1) is 15.8. The van der Waals surface area contributed by atoms with Crippen molar-refractivity contribution in [3.63, 3.8) is 0 Å². The highest BCUT2D eigenvalue weighted by molar-refractivity contribution is 5.78. The maximum absolute atomic E-state index is 12.6. The molecule has 2 fully saturated rings. The Morgan fingerprint density at radius 1 is 1.35 bits per heavy atom. The minimum absolute atomic E-state index is 0.200. The monoisotopic (exact) mass is 281 g/mol. The van der Waals surface area contributed by atoms with Crippen LogP contribution in [0.1, 0.15) is 46.0 Å². The highest BCUT2D eigenvalue weighted by Crippen LogP contribution is 2.29. The second-order valence-electron chi connectivity index (χ2n) is 6.79. The molecule has 2 rings (SSSR count). The van der Waals surface area contributed by atoms with Crippen LogP contribution in [0.3, 0.4) is 0 Å². The number of carbonyl (C=O) groups excluding carboxylic acids is 1. The van der Waals surface area contributed by atoms with Gasteiger partial charge in [-0.3, -0.25) is 9.69 Å². The molecule has 1 aliphatic carbocycles. The van der Waals surface area contributed by atoms with Gasteiger partial charge in [-0.25, -0.2) is 0 Å². The molecule has 2 aliphatic rings. The molecule has 4 atom stereocenters. The zero-order valence-electron chi connectivity index (χ0n) is 13.3. The SMILES string of the molecule is CCN1CCCC1CN(C)C(=O)C1CCC(N)C(C)C1. The van der Waals surface area contributed by atoms with Gasteiger partial charge in [-0.1, -0.05) is 13.8 Å². The Morgan fingerprint density at radius 2 is 2.10 bits per heavy atom. The second-order valence-corrected chi connectivity index (χ2v) is 6.79. The number of carbonyl (C=O) groups is 1. The number of likely N-dealkylation sites (tertiary alicyclic amines) is 1. The molecule has 1 saturated carbocycles. The molecular weight excluding hydrogens is 250 g/mol. The first-order valence-electron chi connectivity index (χ1n) is 8.27. The van der Waals surface area contributed by atoms with E-state index in [1.165, 1.54) is 19.4 Å². The molecule has 1 saturated heterocycles. The number of hydrogen-bond donors (Lipinski definition) is 1. The summed E-state index contributed by atoms with van der Waals surface area (Å²) in [6, 6.07) is 0.854. The van der Waals surface area contributed by atoms with Gasteiger partial charge in [0.1, 0.15) is 0 Å². The lowest BCUT2D eigenvalue weighted by atomic mass is 9.79. The van der Waals surface area contributed by atoms with Crippen LogP contribution >= 0.6 is 0 Å². The van der Waals surface area contributed by atoms with Crippen molar-refractivity contribution in [3.8, 4) is 0 Å². The van der Waals surface area contributed by atoms with Crippen LogP contribution in [0.4, 0.5) is 0 Å². The van der Waals surface area contributed by atoms with Gasteiger partial charge in [-0.05, 0) is 51.1 Å². The van der Waals surface area contributed by atoms with Crippen LogP contribution in [-0.2, 0) is 4.79 Å². The van der Waals surface area contributed by atoms with E-state index in [0.717, 1.165) is 32.4 Å². The van der Waals surface area contributed by atoms with Crippen LogP contribution < -0.4 is 5.73 Å². The van der Waals surface area contributed by atoms with Crippen molar-refractivity contribution >= 4 is 5.91 Å². The van der Waals surface area contributed by atoms with Crippen LogP contribution in [0.2, 0.25) is 0 Å². The summed E-state index contributed by atoms with van der Waals surface area (Å²) in [5, 5.41) is 0. The van der Waals surface area contributed by atoms with Crippen LogP contribution in [0.15, 0.2) is 0 Å². The van der Waals surface area contributed by atoms with Gasteiger partial charge in [-0.2, -0.15) is 0 Å². The number of hydrogen-bond acceptors (Lipinski definition) is 3. The van der Waals surface area contributed by atoms with Gasteiger partial charge >= 0.3 is 0 Å². The summed E-state index contributed by atoms with van der Waals surface area (Å²) in [7, 11) is 1.98. The van der Waals surface area contributed by atoms with Crippen molar-refractivity contribution < 1.29 is 4.79 Å². The quantitative estimate of drug-likeness (QED) is 0.853. The summed E-state index contributed by atoms with van der Waals surface area (Å²) in [4.78, 5) is 17.1. The van der Waals surface area contributed by atoms with E-state index in [2.05, 4.69) is 18.7 Å². The molecular formula is C16H31N3O. The zero-order chi connectivity index (χ0) is 14.7. The fourth-order valence-corrected chi connectivity index (χ4v) is 3.88. The van der Waals surface area contributed by atoms with Crippen LogP contribution in [-0.4, -0.2) is 54.5 Å². The average Bonchev–Trinajstić information content (AvgIpc) is 2.88. The number of likely N-dealkylation sites (N-methyl/N-ethyl adjacent to an activating group) is 2. The fourth-order valence-electron chi connectivity index (χ4n) is 3.88. The molecule has 4 nitrogen and oxygen atoms in total. The zero-order valence-corrected chi connectivity index (χ0v) is 13.3. The van der Waals surface area contributed by atoms with E-state index in [0.29, 0.717) is 17.9 Å². The lowest BCUT2D eigenvalue weighted by Gasteiger charge is -2.35. The van der Waals surface area contributed by atoms with Crippen LogP contribution in [0, 0.1) is 11.8 Å². The van der Waals surface area contributed by atoms with E-state index in [1.807, 2.05) is 11.9 Å². The third-order valence-corrected chi connectivity index (χ3v) is 5.35. The second kappa shape index (κ2) is 6.90. The average molecular weight is 281 g/mol. The van der Waals surface area contributed by atoms with Crippen molar-refractivity contribution in [2.75, 3.05) is 26.7 Å². The predicted octanol–water partition coefficient (Wildman–Crippen LogP) is 1.69. The van der Waals surface area contributed by atoms with E-state index < -0.39 is 0 Å². The van der Waals surface area contributed by atoms with E-state index in [9.17, 15) is 4.79 Å². The molecule has 0 aromatic carbocycles. The Hall–Kier alpha value is -0.610. The minimum atomic E-state index is 0.200. The third kappa shape index (κ3) is 3.53. The smallest absolute Gasteiger partial charge is 0.225 e. The molecule has 0 spiro atoms. The standard InChI is InChI=1S/C16H31N3O/c1-4-19-9-5-6-14(19)11-18(3)16(20)13-7-8-15(17)12(2)10-13/h12-15H,4-11,17H2,1-3H3. The van der Waals surface area contributed by atoms with Gasteiger partial charge in [0, 0.05) is 31.6 Å². The molecule has 0 aromatic heterocycles. The number of rotatable bonds is 4. The Labute approximate surface area is 123 Å². The third-order valence-electron chi connectivity index (χ3n) is 5.35. The molecule has 0 bridgehead atoms. The molecule has 1 aliphatic heterocycles. The maximum atomic E-state index is 12.6. The van der Waals surface area contributed by atoms with Gasteiger partial charge in [0.05, 0.1) is 0 Å². The predicted molar refractivity (Wildman–Crippen MR) is 82.4 cm³/mol. The van der Waals surface area contributed by atoms with Gasteiger partial charge in [0.15, 0.2) is 0 Å². The molecule has 0 radical (unpaired) electrons. The topological polar surface area (TPSA) is 49.6 Å².